The van der Waals surface area contributed by atoms with Gasteiger partial charge in [-0.15, -0.1) is 0 Å². The Morgan fingerprint density at radius 2 is 1.80 bits per heavy atom. The Hall–Kier alpha value is -1.04. The van der Waals surface area contributed by atoms with Crippen LogP contribution >= 0.6 is 11.6 Å². The molecule has 3 rings (SSSR count). The lowest BCUT2D eigenvalue weighted by Gasteiger charge is -2.32. The van der Waals surface area contributed by atoms with E-state index in [1.165, 1.54) is 0 Å². The van der Waals surface area contributed by atoms with Crippen molar-refractivity contribution in [1.29, 1.82) is 0 Å². The lowest BCUT2D eigenvalue weighted by Crippen LogP contribution is -2.41. The molecule has 1 aliphatic rings. The molecule has 0 radical (unpaired) electrons. The van der Waals surface area contributed by atoms with Gasteiger partial charge in [0.15, 0.2) is 0 Å². The molecule has 0 bridgehead atoms. The third-order valence-corrected chi connectivity index (χ3v) is 4.52. The Balaban J connectivity index is 2.10. The number of aryl methyl sites for hydroxylation is 1. The predicted octanol–water partition coefficient (Wildman–Crippen LogP) is 2.53. The predicted molar refractivity (Wildman–Crippen MR) is 81.4 cm³/mol. The van der Waals surface area contributed by atoms with Crippen molar-refractivity contribution in [3.63, 3.8) is 0 Å². The Bertz CT molecular complexity index is 665. The van der Waals surface area contributed by atoms with Crippen LogP contribution in [-0.2, 0) is 16.4 Å². The fourth-order valence-corrected chi connectivity index (χ4v) is 2.58. The third kappa shape index (κ3) is 1.96. The van der Waals surface area contributed by atoms with Crippen molar-refractivity contribution in [1.82, 2.24) is 9.55 Å². The molecule has 3 heterocycles. The quantitative estimate of drug-likeness (QED) is 0.758. The van der Waals surface area contributed by atoms with Crippen molar-refractivity contribution in [2.24, 2.45) is 7.05 Å². The minimum atomic E-state index is -0.399. The summed E-state index contributed by atoms with van der Waals surface area (Å²) >= 11 is 6.07. The summed E-state index contributed by atoms with van der Waals surface area (Å²) in [6.45, 7) is 8.18. The molecule has 0 aliphatic carbocycles. The molecule has 0 spiro atoms. The highest BCUT2D eigenvalue weighted by Crippen LogP contribution is 2.37. The van der Waals surface area contributed by atoms with E-state index < -0.39 is 7.12 Å². The maximum absolute atomic E-state index is 6.10. The van der Waals surface area contributed by atoms with Crippen LogP contribution in [-0.4, -0.2) is 27.9 Å². The number of halogens is 1. The first-order valence-electron chi connectivity index (χ1n) is 6.67. The third-order valence-electron chi connectivity index (χ3n) is 4.32. The Labute approximate surface area is 124 Å². The molecule has 0 saturated carbocycles. The summed E-state index contributed by atoms with van der Waals surface area (Å²) in [5, 5.41) is 1.58. The van der Waals surface area contributed by atoms with Crippen molar-refractivity contribution in [2.75, 3.05) is 0 Å². The lowest BCUT2D eigenvalue weighted by molar-refractivity contribution is 0.00578. The zero-order chi connectivity index (χ0) is 14.7. The van der Waals surface area contributed by atoms with Crippen LogP contribution in [0.15, 0.2) is 18.5 Å². The van der Waals surface area contributed by atoms with Gasteiger partial charge in [0.1, 0.15) is 5.65 Å². The summed E-state index contributed by atoms with van der Waals surface area (Å²) in [5.74, 6) is 0. The van der Waals surface area contributed by atoms with E-state index in [4.69, 9.17) is 20.9 Å². The van der Waals surface area contributed by atoms with E-state index in [1.54, 1.807) is 6.20 Å². The highest BCUT2D eigenvalue weighted by molar-refractivity contribution is 6.65. The average Bonchev–Trinajstić information content (AvgIpc) is 2.74. The van der Waals surface area contributed by atoms with E-state index in [-0.39, 0.29) is 11.2 Å². The number of aromatic nitrogens is 2. The van der Waals surface area contributed by atoms with Gasteiger partial charge in [-0.3, -0.25) is 0 Å². The van der Waals surface area contributed by atoms with Crippen molar-refractivity contribution < 1.29 is 9.31 Å². The average molecular weight is 293 g/mol. The SMILES string of the molecule is Cn1cc(B2OC(C)(C)C(C)(C)O2)c2cc(Cl)cnc21. The number of rotatable bonds is 1. The Morgan fingerprint density at radius 3 is 2.40 bits per heavy atom. The molecule has 20 heavy (non-hydrogen) atoms. The van der Waals surface area contributed by atoms with Crippen LogP contribution in [0.25, 0.3) is 11.0 Å². The van der Waals surface area contributed by atoms with Crippen LogP contribution in [0.2, 0.25) is 5.02 Å². The zero-order valence-corrected chi connectivity index (χ0v) is 13.2. The normalized spacial score (nSPS) is 20.8. The van der Waals surface area contributed by atoms with Crippen molar-refractivity contribution in [3.05, 3.63) is 23.5 Å². The minimum absolute atomic E-state index is 0.355. The monoisotopic (exact) mass is 292 g/mol. The van der Waals surface area contributed by atoms with E-state index in [2.05, 4.69) is 4.98 Å². The van der Waals surface area contributed by atoms with Gasteiger partial charge in [-0.1, -0.05) is 11.6 Å². The summed E-state index contributed by atoms with van der Waals surface area (Å²) in [6, 6.07) is 1.91. The number of hydrogen-bond acceptors (Lipinski definition) is 3. The first-order valence-corrected chi connectivity index (χ1v) is 7.05. The molecule has 0 unspecified atom stereocenters. The molecule has 0 N–H and O–H groups in total. The number of fused-ring (bicyclic) bond motifs is 1. The molecular formula is C14H18BClN2O2. The van der Waals surface area contributed by atoms with E-state index in [0.29, 0.717) is 5.02 Å². The van der Waals surface area contributed by atoms with Crippen LogP contribution in [0.4, 0.5) is 0 Å². The number of hydrogen-bond donors (Lipinski definition) is 0. The summed E-state index contributed by atoms with van der Waals surface area (Å²) in [7, 11) is 1.56. The molecule has 106 valence electrons. The smallest absolute Gasteiger partial charge is 0.399 e. The van der Waals surface area contributed by atoms with Gasteiger partial charge in [0.2, 0.25) is 0 Å². The maximum atomic E-state index is 6.10. The molecule has 2 aromatic heterocycles. The summed E-state index contributed by atoms with van der Waals surface area (Å²) < 4.78 is 14.2. The van der Waals surface area contributed by atoms with Gasteiger partial charge in [0.25, 0.3) is 0 Å². The van der Waals surface area contributed by atoms with Crippen molar-refractivity contribution in [3.8, 4) is 0 Å². The number of pyridine rings is 1. The van der Waals surface area contributed by atoms with Crippen LogP contribution < -0.4 is 5.46 Å². The highest BCUT2D eigenvalue weighted by atomic mass is 35.5. The zero-order valence-electron chi connectivity index (χ0n) is 12.4. The highest BCUT2D eigenvalue weighted by Gasteiger charge is 2.52. The largest absolute Gasteiger partial charge is 0.497 e. The molecule has 6 heteroatoms. The van der Waals surface area contributed by atoms with Gasteiger partial charge >= 0.3 is 7.12 Å². The second-order valence-corrected chi connectivity index (χ2v) is 6.74. The second-order valence-electron chi connectivity index (χ2n) is 6.31. The summed E-state index contributed by atoms with van der Waals surface area (Å²) in [6.07, 6.45) is 3.65. The number of nitrogens with zero attached hydrogens (tertiary/aromatic N) is 2. The van der Waals surface area contributed by atoms with Gasteiger partial charge in [-0.25, -0.2) is 4.98 Å². The molecule has 4 nitrogen and oxygen atoms in total. The standard InChI is InChI=1S/C14H18BClN2O2/c1-13(2)14(3,4)20-15(19-13)11-8-18(5)12-10(11)6-9(16)7-17-12/h6-8H,1-5H3. The lowest BCUT2D eigenvalue weighted by atomic mass is 9.79. The molecule has 2 aromatic rings. The van der Waals surface area contributed by atoms with Crippen LogP contribution in [0.1, 0.15) is 27.7 Å². The van der Waals surface area contributed by atoms with E-state index in [1.807, 2.05) is 51.6 Å². The first kappa shape index (κ1) is 13.9. The van der Waals surface area contributed by atoms with Gasteiger partial charge in [-0.2, -0.15) is 0 Å². The molecule has 1 saturated heterocycles. The molecule has 0 aromatic carbocycles. The van der Waals surface area contributed by atoms with Gasteiger partial charge in [-0.05, 0) is 33.8 Å². The molecule has 0 amide bonds. The van der Waals surface area contributed by atoms with Crippen LogP contribution in [0.5, 0.6) is 0 Å². The first-order chi connectivity index (χ1) is 9.21. The van der Waals surface area contributed by atoms with Gasteiger partial charge in [0, 0.05) is 30.3 Å². The maximum Gasteiger partial charge on any atom is 0.497 e. The molecular weight excluding hydrogens is 274 g/mol. The van der Waals surface area contributed by atoms with Crippen molar-refractivity contribution in [2.45, 2.75) is 38.9 Å². The van der Waals surface area contributed by atoms with Crippen LogP contribution in [0, 0.1) is 0 Å². The molecule has 1 fully saturated rings. The summed E-state index contributed by atoms with van der Waals surface area (Å²) in [5.41, 5.74) is 1.13. The van der Waals surface area contributed by atoms with E-state index in [0.717, 1.165) is 16.5 Å². The molecule has 1 aliphatic heterocycles. The summed E-state index contributed by atoms with van der Waals surface area (Å²) in [4.78, 5) is 4.36. The molecule has 0 atom stereocenters. The Morgan fingerprint density at radius 1 is 1.20 bits per heavy atom. The Kier molecular flexibility index (Phi) is 2.94. The van der Waals surface area contributed by atoms with Crippen LogP contribution in [0.3, 0.4) is 0 Å². The van der Waals surface area contributed by atoms with Gasteiger partial charge in [0.05, 0.1) is 16.2 Å². The topological polar surface area (TPSA) is 36.3 Å². The fourth-order valence-electron chi connectivity index (χ4n) is 2.42. The second kappa shape index (κ2) is 4.23. The minimum Gasteiger partial charge on any atom is -0.399 e. The van der Waals surface area contributed by atoms with Gasteiger partial charge < -0.3 is 13.9 Å². The van der Waals surface area contributed by atoms with E-state index in [9.17, 15) is 0 Å². The van der Waals surface area contributed by atoms with E-state index >= 15 is 0 Å². The van der Waals surface area contributed by atoms with Crippen molar-refractivity contribution >= 4 is 35.2 Å². The fraction of sp³-hybridized carbons (Fsp3) is 0.500.